The van der Waals surface area contributed by atoms with Gasteiger partial charge < -0.3 is 15.3 Å². The minimum Gasteiger partial charge on any atom is -0.480 e. The number of nitrogens with zero attached hydrogens (tertiary/aromatic N) is 2. The molecule has 2 aliphatic heterocycles. The van der Waals surface area contributed by atoms with Crippen LogP contribution in [-0.4, -0.2) is 71.3 Å². The molecule has 0 aromatic heterocycles. The average molecular weight is 442 g/mol. The smallest absolute Gasteiger partial charge is 0.317 e. The number of carboxylic acid groups (broad SMARTS) is 1. The lowest BCUT2D eigenvalue weighted by molar-refractivity contribution is -0.137. The summed E-state index contributed by atoms with van der Waals surface area (Å²) in [5, 5.41) is 14.3. The molecule has 10 heteroatoms. The maximum atomic E-state index is 13.1. The summed E-state index contributed by atoms with van der Waals surface area (Å²) in [4.78, 5) is 63.6. The summed E-state index contributed by atoms with van der Waals surface area (Å²) in [5.41, 5.74) is 1.21. The molecule has 3 atom stereocenters. The fourth-order valence-electron chi connectivity index (χ4n) is 4.90. The predicted octanol–water partition coefficient (Wildman–Crippen LogP) is 0.509. The van der Waals surface area contributed by atoms with E-state index in [-0.39, 0.29) is 42.6 Å². The number of aliphatic carboxylic acids is 1. The molecule has 3 aliphatic rings. The van der Waals surface area contributed by atoms with Crippen LogP contribution in [0, 0.1) is 0 Å². The highest BCUT2D eigenvalue weighted by atomic mass is 16.4. The number of likely N-dealkylation sites (N-methyl/N-ethyl adjacent to an activating group) is 1. The molecular formula is C22H26N4O6. The number of carbonyl (C=O) groups excluding carboxylic acids is 4. The minimum atomic E-state index is -0.996. The highest BCUT2D eigenvalue weighted by Crippen LogP contribution is 2.32. The highest BCUT2D eigenvalue weighted by molar-refractivity contribution is 6.23. The van der Waals surface area contributed by atoms with Gasteiger partial charge in [0.15, 0.2) is 0 Å². The van der Waals surface area contributed by atoms with Gasteiger partial charge in [0, 0.05) is 31.2 Å². The topological polar surface area (TPSA) is 136 Å². The Balaban J connectivity index is 1.56. The third-order valence-electron chi connectivity index (χ3n) is 6.57. The molecule has 1 aromatic rings. The fraction of sp³-hybridized carbons (Fsp3) is 0.500. The maximum absolute atomic E-state index is 13.1. The standard InChI is InChI=1S/C22H26N4O6/c1-25(16-5-3-2-4-15(16)23-11-19(28)29)12-6-7-13-14(10-12)22(32)26(21(13)31)17-8-9-18(27)24-20(17)30/h6-7,10,15-17,23H,2-5,8-9,11H2,1H3,(H,28,29)(H,24,27,30)/t15-,16-,17?/m0/s1. The van der Waals surface area contributed by atoms with E-state index in [1.807, 2.05) is 11.9 Å². The SMILES string of the molecule is CN(c1ccc2c(c1)C(=O)N(C1CCC(=O)NC1=O)C2=O)[C@H]1CCCC[C@@H]1NCC(=O)O. The largest absolute Gasteiger partial charge is 0.480 e. The van der Waals surface area contributed by atoms with Crippen LogP contribution in [0.25, 0.3) is 0 Å². The van der Waals surface area contributed by atoms with Crippen LogP contribution in [0.1, 0.15) is 59.2 Å². The lowest BCUT2D eigenvalue weighted by Gasteiger charge is -2.39. The van der Waals surface area contributed by atoms with Crippen LogP contribution in [0.3, 0.4) is 0 Å². The number of nitrogens with one attached hydrogen (secondary N) is 2. The second-order valence-corrected chi connectivity index (χ2v) is 8.52. The van der Waals surface area contributed by atoms with Crippen LogP contribution in [-0.2, 0) is 14.4 Å². The van der Waals surface area contributed by atoms with Crippen molar-refractivity contribution in [3.63, 3.8) is 0 Å². The number of imide groups is 2. The Kier molecular flexibility index (Phi) is 5.96. The van der Waals surface area contributed by atoms with Crippen molar-refractivity contribution < 1.29 is 29.1 Å². The normalized spacial score (nSPS) is 25.5. The molecule has 2 fully saturated rings. The summed E-state index contributed by atoms with van der Waals surface area (Å²) in [6.07, 6.45) is 3.95. The number of carboxylic acids is 1. The van der Waals surface area contributed by atoms with Crippen LogP contribution in [0.2, 0.25) is 0 Å². The number of rotatable bonds is 6. The molecule has 4 rings (SSSR count). The molecule has 0 bridgehead atoms. The average Bonchev–Trinajstić information content (AvgIpc) is 3.02. The van der Waals surface area contributed by atoms with Crippen molar-refractivity contribution >= 4 is 35.3 Å². The van der Waals surface area contributed by atoms with Gasteiger partial charge in [-0.25, -0.2) is 0 Å². The first-order valence-electron chi connectivity index (χ1n) is 10.8. The van der Waals surface area contributed by atoms with Crippen molar-refractivity contribution in [2.24, 2.45) is 0 Å². The van der Waals surface area contributed by atoms with Gasteiger partial charge in [-0.3, -0.25) is 34.2 Å². The van der Waals surface area contributed by atoms with E-state index in [1.54, 1.807) is 18.2 Å². The van der Waals surface area contributed by atoms with E-state index in [2.05, 4.69) is 10.6 Å². The Morgan fingerprint density at radius 2 is 1.84 bits per heavy atom. The molecule has 1 saturated carbocycles. The van der Waals surface area contributed by atoms with E-state index in [0.717, 1.165) is 36.3 Å². The minimum absolute atomic E-state index is 0.00425. The highest BCUT2D eigenvalue weighted by Gasteiger charge is 2.45. The van der Waals surface area contributed by atoms with E-state index in [1.165, 1.54) is 0 Å². The lowest BCUT2D eigenvalue weighted by Crippen LogP contribution is -2.54. The van der Waals surface area contributed by atoms with Crippen molar-refractivity contribution in [1.82, 2.24) is 15.5 Å². The number of fused-ring (bicyclic) bond motifs is 1. The van der Waals surface area contributed by atoms with E-state index < -0.39 is 35.6 Å². The van der Waals surface area contributed by atoms with Gasteiger partial charge in [-0.15, -0.1) is 0 Å². The fourth-order valence-corrected chi connectivity index (χ4v) is 4.90. The first-order chi connectivity index (χ1) is 15.3. The van der Waals surface area contributed by atoms with Gasteiger partial charge in [0.1, 0.15) is 6.04 Å². The summed E-state index contributed by atoms with van der Waals surface area (Å²) < 4.78 is 0. The maximum Gasteiger partial charge on any atom is 0.317 e. The molecule has 0 radical (unpaired) electrons. The summed E-state index contributed by atoms with van der Waals surface area (Å²) in [5.74, 6) is -3.04. The van der Waals surface area contributed by atoms with Gasteiger partial charge in [-0.05, 0) is 37.5 Å². The molecule has 2 heterocycles. The molecule has 32 heavy (non-hydrogen) atoms. The molecule has 4 amide bonds. The Morgan fingerprint density at radius 1 is 1.12 bits per heavy atom. The number of benzene rings is 1. The zero-order valence-electron chi connectivity index (χ0n) is 17.8. The lowest BCUT2D eigenvalue weighted by atomic mass is 9.89. The summed E-state index contributed by atoms with van der Waals surface area (Å²) in [6, 6.07) is 4.06. The first kappa shape index (κ1) is 21.9. The molecule has 10 nitrogen and oxygen atoms in total. The Hall–Kier alpha value is -3.27. The van der Waals surface area contributed by atoms with Crippen LogP contribution in [0.15, 0.2) is 18.2 Å². The van der Waals surface area contributed by atoms with Crippen molar-refractivity contribution in [2.45, 2.75) is 56.7 Å². The number of hydrogen-bond donors (Lipinski definition) is 3. The third-order valence-corrected chi connectivity index (χ3v) is 6.57. The van der Waals surface area contributed by atoms with E-state index in [0.29, 0.717) is 0 Å². The molecule has 1 saturated heterocycles. The van der Waals surface area contributed by atoms with Crippen LogP contribution in [0.4, 0.5) is 5.69 Å². The molecular weight excluding hydrogens is 416 g/mol. The Morgan fingerprint density at radius 3 is 2.56 bits per heavy atom. The van der Waals surface area contributed by atoms with Gasteiger partial charge >= 0.3 is 5.97 Å². The number of amides is 4. The second-order valence-electron chi connectivity index (χ2n) is 8.52. The predicted molar refractivity (Wildman–Crippen MR) is 113 cm³/mol. The second kappa shape index (κ2) is 8.70. The van der Waals surface area contributed by atoms with Gasteiger partial charge in [0.2, 0.25) is 11.8 Å². The monoisotopic (exact) mass is 442 g/mol. The van der Waals surface area contributed by atoms with Crippen LogP contribution >= 0.6 is 0 Å². The summed E-state index contributed by atoms with van der Waals surface area (Å²) in [6.45, 7) is -0.118. The van der Waals surface area contributed by atoms with E-state index in [9.17, 15) is 24.0 Å². The van der Waals surface area contributed by atoms with Crippen molar-refractivity contribution in [2.75, 3.05) is 18.5 Å². The Bertz CT molecular complexity index is 993. The third kappa shape index (κ3) is 3.97. The van der Waals surface area contributed by atoms with Crippen molar-refractivity contribution in [3.05, 3.63) is 29.3 Å². The zero-order chi connectivity index (χ0) is 23.0. The molecule has 170 valence electrons. The van der Waals surface area contributed by atoms with Crippen molar-refractivity contribution in [1.29, 1.82) is 0 Å². The number of carbonyl (C=O) groups is 5. The molecule has 1 aromatic carbocycles. The molecule has 3 N–H and O–H groups in total. The van der Waals surface area contributed by atoms with Gasteiger partial charge in [0.25, 0.3) is 11.8 Å². The van der Waals surface area contributed by atoms with Gasteiger partial charge in [-0.1, -0.05) is 12.8 Å². The molecule has 1 unspecified atom stereocenters. The number of hydrogen-bond acceptors (Lipinski definition) is 7. The van der Waals surface area contributed by atoms with Gasteiger partial charge in [-0.2, -0.15) is 0 Å². The molecule has 1 aliphatic carbocycles. The van der Waals surface area contributed by atoms with Crippen LogP contribution < -0.4 is 15.5 Å². The number of anilines is 1. The summed E-state index contributed by atoms with van der Waals surface area (Å²) >= 11 is 0. The van der Waals surface area contributed by atoms with Gasteiger partial charge in [0.05, 0.1) is 17.7 Å². The quantitative estimate of drug-likeness (QED) is 0.542. The zero-order valence-corrected chi connectivity index (χ0v) is 17.8. The van der Waals surface area contributed by atoms with Crippen LogP contribution in [0.5, 0.6) is 0 Å². The Labute approximate surface area is 184 Å². The number of piperidine rings is 1. The van der Waals surface area contributed by atoms with E-state index in [4.69, 9.17) is 5.11 Å². The van der Waals surface area contributed by atoms with Crippen molar-refractivity contribution in [3.8, 4) is 0 Å². The first-order valence-corrected chi connectivity index (χ1v) is 10.8. The molecule has 0 spiro atoms. The summed E-state index contributed by atoms with van der Waals surface area (Å²) in [7, 11) is 1.90. The van der Waals surface area contributed by atoms with E-state index >= 15 is 0 Å².